The molecule has 0 radical (unpaired) electrons. The van der Waals surface area contributed by atoms with Gasteiger partial charge in [-0.3, -0.25) is 9.69 Å². The fourth-order valence-corrected chi connectivity index (χ4v) is 4.30. The van der Waals surface area contributed by atoms with Gasteiger partial charge in [0.2, 0.25) is 5.91 Å². The van der Waals surface area contributed by atoms with Crippen molar-refractivity contribution < 1.29 is 14.3 Å². The first kappa shape index (κ1) is 20.7. The fourth-order valence-electron chi connectivity index (χ4n) is 4.30. The summed E-state index contributed by atoms with van der Waals surface area (Å²) in [7, 11) is 0. The van der Waals surface area contributed by atoms with Crippen molar-refractivity contribution in [1.82, 2.24) is 9.80 Å². The van der Waals surface area contributed by atoms with Crippen LogP contribution in [0.5, 0.6) is 0 Å². The van der Waals surface area contributed by atoms with Gasteiger partial charge in [-0.05, 0) is 64.9 Å². The minimum absolute atomic E-state index is 0.0932. The van der Waals surface area contributed by atoms with Crippen LogP contribution in [0.2, 0.25) is 0 Å². The molecule has 0 aliphatic carbocycles. The summed E-state index contributed by atoms with van der Waals surface area (Å²) in [6, 6.07) is 10.3. The van der Waals surface area contributed by atoms with E-state index in [1.165, 1.54) is 5.56 Å². The van der Waals surface area contributed by atoms with E-state index in [-0.39, 0.29) is 24.1 Å². The maximum absolute atomic E-state index is 13.0. The third-order valence-electron chi connectivity index (χ3n) is 5.61. The Morgan fingerprint density at radius 2 is 1.86 bits per heavy atom. The number of likely N-dealkylation sites (tertiary alicyclic amines) is 1. The first-order chi connectivity index (χ1) is 13.3. The van der Waals surface area contributed by atoms with Crippen molar-refractivity contribution in [1.29, 1.82) is 0 Å². The van der Waals surface area contributed by atoms with Gasteiger partial charge in [-0.25, -0.2) is 4.79 Å². The summed E-state index contributed by atoms with van der Waals surface area (Å²) in [5.41, 5.74) is 0.837. The third-order valence-corrected chi connectivity index (χ3v) is 5.61. The molecule has 2 amide bonds. The second-order valence-corrected chi connectivity index (χ2v) is 9.07. The highest BCUT2D eigenvalue weighted by Crippen LogP contribution is 2.31. The van der Waals surface area contributed by atoms with E-state index in [9.17, 15) is 9.59 Å². The highest BCUT2D eigenvalue weighted by Gasteiger charge is 2.46. The van der Waals surface area contributed by atoms with Crippen molar-refractivity contribution >= 4 is 12.0 Å². The van der Waals surface area contributed by atoms with Crippen LogP contribution in [0.15, 0.2) is 30.3 Å². The second kappa shape index (κ2) is 8.97. The number of hydrogen-bond acceptors (Lipinski definition) is 3. The van der Waals surface area contributed by atoms with Gasteiger partial charge in [0.05, 0.1) is 6.04 Å². The molecule has 1 aromatic carbocycles. The van der Waals surface area contributed by atoms with Crippen LogP contribution in [0.4, 0.5) is 4.79 Å². The van der Waals surface area contributed by atoms with Gasteiger partial charge in [-0.15, -0.1) is 0 Å². The molecule has 5 heteroatoms. The van der Waals surface area contributed by atoms with Crippen LogP contribution in [0.3, 0.4) is 0 Å². The highest BCUT2D eigenvalue weighted by atomic mass is 16.6. The SMILES string of the molecule is CC(C)(C)OC(=O)N1C2CCCC1C(=O)N(CCCCCc1ccccc1)C2. The van der Waals surface area contributed by atoms with Crippen LogP contribution in [0, 0.1) is 0 Å². The first-order valence-corrected chi connectivity index (χ1v) is 10.7. The maximum atomic E-state index is 13.0. The summed E-state index contributed by atoms with van der Waals surface area (Å²) in [4.78, 5) is 29.3. The van der Waals surface area contributed by atoms with E-state index in [1.807, 2.05) is 31.7 Å². The van der Waals surface area contributed by atoms with Crippen molar-refractivity contribution in [2.75, 3.05) is 13.1 Å². The van der Waals surface area contributed by atoms with Crippen LogP contribution in [-0.4, -0.2) is 52.6 Å². The van der Waals surface area contributed by atoms with Gasteiger partial charge in [0, 0.05) is 13.1 Å². The quantitative estimate of drug-likeness (QED) is 0.681. The number of piperidine rings is 1. The molecule has 2 atom stereocenters. The molecule has 2 aliphatic heterocycles. The Kier molecular flexibility index (Phi) is 6.63. The lowest BCUT2D eigenvalue weighted by Crippen LogP contribution is -2.65. The van der Waals surface area contributed by atoms with Gasteiger partial charge in [0.15, 0.2) is 0 Å². The van der Waals surface area contributed by atoms with Gasteiger partial charge >= 0.3 is 6.09 Å². The average Bonchev–Trinajstić information content (AvgIpc) is 2.64. The van der Waals surface area contributed by atoms with E-state index in [4.69, 9.17) is 4.74 Å². The van der Waals surface area contributed by atoms with Gasteiger partial charge < -0.3 is 9.64 Å². The molecule has 0 N–H and O–H groups in total. The monoisotopic (exact) mass is 386 g/mol. The predicted octanol–water partition coefficient (Wildman–Crippen LogP) is 4.40. The Labute approximate surface area is 169 Å². The van der Waals surface area contributed by atoms with E-state index in [0.717, 1.165) is 51.5 Å². The zero-order valence-electron chi connectivity index (χ0n) is 17.5. The van der Waals surface area contributed by atoms with E-state index in [0.29, 0.717) is 6.54 Å². The number of benzene rings is 1. The zero-order chi connectivity index (χ0) is 20.1. The lowest BCUT2D eigenvalue weighted by molar-refractivity contribution is -0.147. The zero-order valence-corrected chi connectivity index (χ0v) is 17.5. The molecule has 1 aromatic rings. The Morgan fingerprint density at radius 3 is 2.57 bits per heavy atom. The lowest BCUT2D eigenvalue weighted by Gasteiger charge is -2.49. The summed E-state index contributed by atoms with van der Waals surface area (Å²) in [6.07, 6.45) is 6.74. The number of unbranched alkanes of at least 4 members (excludes halogenated alkanes) is 2. The normalized spacial score (nSPS) is 22.3. The molecule has 2 fully saturated rings. The molecule has 3 rings (SSSR count). The molecule has 0 aromatic heterocycles. The molecule has 2 unspecified atom stereocenters. The molecular formula is C23H34N2O3. The predicted molar refractivity (Wildman–Crippen MR) is 110 cm³/mol. The molecule has 2 saturated heterocycles. The maximum Gasteiger partial charge on any atom is 0.411 e. The number of carbonyl (C=O) groups excluding carboxylic acids is 2. The van der Waals surface area contributed by atoms with Crippen LogP contribution in [0.25, 0.3) is 0 Å². The van der Waals surface area contributed by atoms with Crippen LogP contribution in [-0.2, 0) is 16.0 Å². The van der Waals surface area contributed by atoms with Crippen molar-refractivity contribution in [3.8, 4) is 0 Å². The van der Waals surface area contributed by atoms with Gasteiger partial charge in [0.25, 0.3) is 0 Å². The van der Waals surface area contributed by atoms with Crippen LogP contribution in [0.1, 0.15) is 64.9 Å². The van der Waals surface area contributed by atoms with Crippen molar-refractivity contribution in [2.45, 2.75) is 83.4 Å². The molecule has 154 valence electrons. The number of ether oxygens (including phenoxy) is 1. The smallest absolute Gasteiger partial charge is 0.411 e. The number of hydrogen-bond donors (Lipinski definition) is 0. The fraction of sp³-hybridized carbons (Fsp3) is 0.652. The summed E-state index contributed by atoms with van der Waals surface area (Å²) in [5, 5.41) is 0. The number of aryl methyl sites for hydroxylation is 1. The minimum atomic E-state index is -0.537. The minimum Gasteiger partial charge on any atom is -0.444 e. The van der Waals surface area contributed by atoms with E-state index in [2.05, 4.69) is 24.3 Å². The topological polar surface area (TPSA) is 49.9 Å². The number of amides is 2. The molecule has 28 heavy (non-hydrogen) atoms. The molecule has 2 heterocycles. The molecular weight excluding hydrogens is 352 g/mol. The molecule has 2 bridgehead atoms. The van der Waals surface area contributed by atoms with Crippen molar-refractivity contribution in [2.24, 2.45) is 0 Å². The number of nitrogens with zero attached hydrogens (tertiary/aromatic N) is 2. The Bertz CT molecular complexity index is 668. The second-order valence-electron chi connectivity index (χ2n) is 9.07. The number of piperazine rings is 1. The molecule has 5 nitrogen and oxygen atoms in total. The number of rotatable bonds is 6. The summed E-state index contributed by atoms with van der Waals surface area (Å²) >= 11 is 0. The van der Waals surface area contributed by atoms with Gasteiger partial charge in [-0.1, -0.05) is 36.8 Å². The number of fused-ring (bicyclic) bond motifs is 2. The first-order valence-electron chi connectivity index (χ1n) is 10.7. The molecule has 0 spiro atoms. The average molecular weight is 387 g/mol. The van der Waals surface area contributed by atoms with Crippen LogP contribution >= 0.6 is 0 Å². The van der Waals surface area contributed by atoms with Gasteiger partial charge in [-0.2, -0.15) is 0 Å². The third kappa shape index (κ3) is 5.27. The summed E-state index contributed by atoms with van der Waals surface area (Å²) < 4.78 is 5.57. The number of carbonyl (C=O) groups is 2. The molecule has 0 saturated carbocycles. The highest BCUT2D eigenvalue weighted by molar-refractivity contribution is 5.87. The Balaban J connectivity index is 1.49. The van der Waals surface area contributed by atoms with E-state index >= 15 is 0 Å². The van der Waals surface area contributed by atoms with Crippen LogP contribution < -0.4 is 0 Å². The Morgan fingerprint density at radius 1 is 1.11 bits per heavy atom. The van der Waals surface area contributed by atoms with Crippen molar-refractivity contribution in [3.63, 3.8) is 0 Å². The largest absolute Gasteiger partial charge is 0.444 e. The van der Waals surface area contributed by atoms with E-state index < -0.39 is 5.60 Å². The molecule has 2 aliphatic rings. The summed E-state index contributed by atoms with van der Waals surface area (Å²) in [5.74, 6) is 0.102. The van der Waals surface area contributed by atoms with Crippen molar-refractivity contribution in [3.05, 3.63) is 35.9 Å². The standard InChI is InChI=1S/C23H34N2O3/c1-23(2,3)28-22(27)25-19-14-10-15-20(25)21(26)24(17-19)16-9-5-8-13-18-11-6-4-7-12-18/h4,6-7,11-12,19-20H,5,8-10,13-17H2,1-3H3. The van der Waals surface area contributed by atoms with E-state index in [1.54, 1.807) is 4.90 Å². The lowest BCUT2D eigenvalue weighted by atomic mass is 9.91. The summed E-state index contributed by atoms with van der Waals surface area (Å²) in [6.45, 7) is 7.05. The Hall–Kier alpha value is -2.04. The van der Waals surface area contributed by atoms with Gasteiger partial charge in [0.1, 0.15) is 11.6 Å².